The summed E-state index contributed by atoms with van der Waals surface area (Å²) in [6, 6.07) is 3.85. The molecule has 0 fully saturated rings. The summed E-state index contributed by atoms with van der Waals surface area (Å²) in [7, 11) is 0. The molecule has 0 saturated heterocycles. The van der Waals surface area contributed by atoms with E-state index in [1.54, 1.807) is 12.4 Å². The minimum Gasteiger partial charge on any atom is -0.330 e. The van der Waals surface area contributed by atoms with Crippen LogP contribution in [-0.2, 0) is 0 Å². The van der Waals surface area contributed by atoms with Crippen molar-refractivity contribution in [2.45, 2.75) is 24.6 Å². The van der Waals surface area contributed by atoms with Gasteiger partial charge in [-0.15, -0.1) is 11.6 Å². The Bertz CT molecular complexity index is 320. The molecule has 0 aliphatic heterocycles. The van der Waals surface area contributed by atoms with Crippen LogP contribution in [0, 0.1) is 5.92 Å². The summed E-state index contributed by atoms with van der Waals surface area (Å²) in [4.78, 5) is 4.08. The number of unbranched alkanes of at least 4 members (excludes halogenated alkanes) is 1. The fourth-order valence-electron chi connectivity index (χ4n) is 1.96. The highest BCUT2D eigenvalue weighted by molar-refractivity contribution is 6.21. The SMILES string of the molecule is NCCCCC(CN(N)N)C(Cl)c1cccnc1. The van der Waals surface area contributed by atoms with Crippen molar-refractivity contribution in [3.8, 4) is 0 Å². The van der Waals surface area contributed by atoms with Crippen LogP contribution in [0.5, 0.6) is 0 Å². The van der Waals surface area contributed by atoms with Crippen molar-refractivity contribution in [3.05, 3.63) is 30.1 Å². The van der Waals surface area contributed by atoms with Gasteiger partial charge in [0.05, 0.1) is 5.38 Å². The van der Waals surface area contributed by atoms with Gasteiger partial charge in [-0.25, -0.2) is 0 Å². The van der Waals surface area contributed by atoms with Crippen LogP contribution < -0.4 is 17.4 Å². The summed E-state index contributed by atoms with van der Waals surface area (Å²) in [5, 5.41) is 1.06. The van der Waals surface area contributed by atoms with E-state index in [-0.39, 0.29) is 11.3 Å². The molecule has 18 heavy (non-hydrogen) atoms. The molecule has 6 N–H and O–H groups in total. The fourth-order valence-corrected chi connectivity index (χ4v) is 2.30. The lowest BCUT2D eigenvalue weighted by Gasteiger charge is -2.25. The molecule has 2 atom stereocenters. The van der Waals surface area contributed by atoms with Gasteiger partial charge >= 0.3 is 0 Å². The van der Waals surface area contributed by atoms with Crippen LogP contribution in [0.15, 0.2) is 24.5 Å². The van der Waals surface area contributed by atoms with E-state index in [0.29, 0.717) is 13.1 Å². The average Bonchev–Trinajstić information content (AvgIpc) is 2.37. The first-order chi connectivity index (χ1) is 8.65. The number of halogens is 1. The Kier molecular flexibility index (Phi) is 7.15. The molecule has 0 saturated carbocycles. The number of alkyl halides is 1. The van der Waals surface area contributed by atoms with E-state index in [2.05, 4.69) is 4.98 Å². The molecule has 5 nitrogen and oxygen atoms in total. The largest absolute Gasteiger partial charge is 0.330 e. The number of hydrogen-bond acceptors (Lipinski definition) is 5. The first kappa shape index (κ1) is 15.3. The van der Waals surface area contributed by atoms with Crippen molar-refractivity contribution >= 4 is 11.6 Å². The van der Waals surface area contributed by atoms with Crippen molar-refractivity contribution in [2.75, 3.05) is 13.1 Å². The molecule has 1 heterocycles. The van der Waals surface area contributed by atoms with Gasteiger partial charge in [-0.2, -0.15) is 5.12 Å². The number of rotatable bonds is 8. The second-order valence-corrected chi connectivity index (χ2v) is 4.90. The summed E-state index contributed by atoms with van der Waals surface area (Å²) in [5.41, 5.74) is 6.50. The Morgan fingerprint density at radius 2 is 2.11 bits per heavy atom. The molecular formula is C12H22ClN5. The van der Waals surface area contributed by atoms with Gasteiger partial charge in [0, 0.05) is 18.9 Å². The molecule has 102 valence electrons. The van der Waals surface area contributed by atoms with Crippen molar-refractivity contribution in [1.29, 1.82) is 0 Å². The molecule has 0 amide bonds. The number of nitrogens with zero attached hydrogens (tertiary/aromatic N) is 2. The van der Waals surface area contributed by atoms with Crippen LogP contribution in [0.2, 0.25) is 0 Å². The van der Waals surface area contributed by atoms with Crippen LogP contribution in [0.1, 0.15) is 30.2 Å². The van der Waals surface area contributed by atoms with Gasteiger partial charge in [0.15, 0.2) is 0 Å². The van der Waals surface area contributed by atoms with E-state index in [4.69, 9.17) is 29.0 Å². The molecule has 1 rings (SSSR count). The lowest BCUT2D eigenvalue weighted by atomic mass is 9.94. The van der Waals surface area contributed by atoms with Gasteiger partial charge in [-0.05, 0) is 36.9 Å². The van der Waals surface area contributed by atoms with Crippen LogP contribution in [0.3, 0.4) is 0 Å². The first-order valence-corrected chi connectivity index (χ1v) is 6.59. The molecule has 0 aromatic carbocycles. The summed E-state index contributed by atoms with van der Waals surface area (Å²) in [6.45, 7) is 1.25. The number of nitrogens with two attached hydrogens (primary N) is 3. The Balaban J connectivity index is 2.63. The topological polar surface area (TPSA) is 94.2 Å². The fraction of sp³-hybridized carbons (Fsp3) is 0.583. The van der Waals surface area contributed by atoms with E-state index < -0.39 is 0 Å². The second-order valence-electron chi connectivity index (χ2n) is 4.43. The first-order valence-electron chi connectivity index (χ1n) is 6.16. The Labute approximate surface area is 113 Å². The lowest BCUT2D eigenvalue weighted by Crippen LogP contribution is -2.42. The van der Waals surface area contributed by atoms with Crippen LogP contribution >= 0.6 is 11.6 Å². The van der Waals surface area contributed by atoms with E-state index in [1.165, 1.54) is 5.12 Å². The molecule has 0 radical (unpaired) electrons. The minimum absolute atomic E-state index is 0.133. The smallest absolute Gasteiger partial charge is 0.0641 e. The van der Waals surface area contributed by atoms with Crippen molar-refractivity contribution in [2.24, 2.45) is 23.3 Å². The van der Waals surface area contributed by atoms with Crippen LogP contribution in [0.25, 0.3) is 0 Å². The normalized spacial score (nSPS) is 14.7. The zero-order valence-electron chi connectivity index (χ0n) is 10.5. The zero-order chi connectivity index (χ0) is 13.4. The highest BCUT2D eigenvalue weighted by atomic mass is 35.5. The maximum absolute atomic E-state index is 6.49. The van der Waals surface area contributed by atoms with E-state index in [9.17, 15) is 0 Å². The third kappa shape index (κ3) is 5.29. The Hall–Kier alpha value is -0.720. The van der Waals surface area contributed by atoms with Gasteiger partial charge in [0.2, 0.25) is 0 Å². The standard InChI is InChI=1S/C12H22ClN5/c13-12(10-5-3-7-17-8-10)11(9-18(15)16)4-1-2-6-14/h3,5,7-8,11-12H,1-2,4,6,9,14-16H2. The molecule has 0 aliphatic rings. The lowest BCUT2D eigenvalue weighted by molar-refractivity contribution is 0.228. The highest BCUT2D eigenvalue weighted by Gasteiger charge is 2.22. The molecule has 1 aromatic rings. The number of pyridine rings is 1. The second kappa shape index (κ2) is 8.39. The zero-order valence-corrected chi connectivity index (χ0v) is 11.3. The summed E-state index contributed by atoms with van der Waals surface area (Å²) in [6.07, 6.45) is 6.48. The van der Waals surface area contributed by atoms with Gasteiger partial charge in [0.25, 0.3) is 0 Å². The summed E-state index contributed by atoms with van der Waals surface area (Å²) < 4.78 is 0. The molecule has 0 spiro atoms. The van der Waals surface area contributed by atoms with E-state index in [0.717, 1.165) is 24.8 Å². The predicted molar refractivity (Wildman–Crippen MR) is 74.3 cm³/mol. The van der Waals surface area contributed by atoms with Gasteiger partial charge in [-0.1, -0.05) is 12.5 Å². The predicted octanol–water partition coefficient (Wildman–Crippen LogP) is 1.16. The summed E-state index contributed by atoms with van der Waals surface area (Å²) in [5.74, 6) is 11.2. The van der Waals surface area contributed by atoms with Crippen molar-refractivity contribution < 1.29 is 0 Å². The average molecular weight is 272 g/mol. The molecule has 0 bridgehead atoms. The van der Waals surface area contributed by atoms with E-state index in [1.807, 2.05) is 12.1 Å². The number of hydrogen-bond donors (Lipinski definition) is 3. The maximum Gasteiger partial charge on any atom is 0.0641 e. The third-order valence-electron chi connectivity index (χ3n) is 2.89. The van der Waals surface area contributed by atoms with Crippen LogP contribution in [-0.4, -0.2) is 23.2 Å². The highest BCUT2D eigenvalue weighted by Crippen LogP contribution is 2.31. The third-order valence-corrected chi connectivity index (χ3v) is 3.50. The van der Waals surface area contributed by atoms with Crippen molar-refractivity contribution in [3.63, 3.8) is 0 Å². The maximum atomic E-state index is 6.49. The summed E-state index contributed by atoms with van der Waals surface area (Å²) >= 11 is 6.49. The van der Waals surface area contributed by atoms with Gasteiger partial charge in [-0.3, -0.25) is 16.7 Å². The molecule has 1 aromatic heterocycles. The molecule has 6 heteroatoms. The molecule has 0 aliphatic carbocycles. The van der Waals surface area contributed by atoms with Gasteiger partial charge in [0.1, 0.15) is 0 Å². The Morgan fingerprint density at radius 3 is 2.67 bits per heavy atom. The number of hydrazine groups is 2. The number of aromatic nitrogens is 1. The van der Waals surface area contributed by atoms with E-state index >= 15 is 0 Å². The van der Waals surface area contributed by atoms with Crippen molar-refractivity contribution in [1.82, 2.24) is 10.1 Å². The molecular weight excluding hydrogens is 250 g/mol. The minimum atomic E-state index is -0.133. The Morgan fingerprint density at radius 1 is 1.33 bits per heavy atom. The van der Waals surface area contributed by atoms with Gasteiger partial charge < -0.3 is 5.73 Å². The van der Waals surface area contributed by atoms with Crippen LogP contribution in [0.4, 0.5) is 0 Å². The quantitative estimate of drug-likeness (QED) is 0.285. The molecule has 2 unspecified atom stereocenters. The monoisotopic (exact) mass is 271 g/mol.